The van der Waals surface area contributed by atoms with Gasteiger partial charge in [0.15, 0.2) is 0 Å². The number of benzene rings is 1. The molecule has 5 nitrogen and oxygen atoms in total. The van der Waals surface area contributed by atoms with E-state index in [-0.39, 0.29) is 5.69 Å². The van der Waals surface area contributed by atoms with Crippen molar-refractivity contribution >= 4 is 11.4 Å². The molecule has 1 aromatic rings. The summed E-state index contributed by atoms with van der Waals surface area (Å²) in [7, 11) is 0. The van der Waals surface area contributed by atoms with Crippen LogP contribution in [0.25, 0.3) is 0 Å². The van der Waals surface area contributed by atoms with Crippen molar-refractivity contribution in [1.29, 1.82) is 0 Å². The van der Waals surface area contributed by atoms with Gasteiger partial charge in [0.05, 0.1) is 11.5 Å². The molecule has 0 atom stereocenters. The maximum atomic E-state index is 10.5. The Hall–Kier alpha value is -1.62. The first-order chi connectivity index (χ1) is 6.65. The van der Waals surface area contributed by atoms with Crippen LogP contribution in [0.15, 0.2) is 18.2 Å². The summed E-state index contributed by atoms with van der Waals surface area (Å²) in [5, 5.41) is 10.5. The van der Waals surface area contributed by atoms with Crippen LogP contribution >= 0.6 is 0 Å². The number of ether oxygens (including phenoxy) is 1. The van der Waals surface area contributed by atoms with Crippen LogP contribution in [0, 0.1) is 10.1 Å². The maximum Gasteiger partial charge on any atom is 0.269 e. The molecule has 0 heterocycles. The van der Waals surface area contributed by atoms with E-state index in [4.69, 9.17) is 10.5 Å². The number of nitrogens with zero attached hydrogens (tertiary/aromatic N) is 1. The number of nitrogens with two attached hydrogens (primary N) is 1. The van der Waals surface area contributed by atoms with E-state index < -0.39 is 4.92 Å². The Balaban J connectivity index is 2.90. The third-order valence-corrected chi connectivity index (χ3v) is 1.80. The molecule has 0 amide bonds. The summed E-state index contributed by atoms with van der Waals surface area (Å²) in [5.74, 6) is 0. The number of nitrogen functional groups attached to an aromatic ring is 1. The lowest BCUT2D eigenvalue weighted by atomic mass is 10.2. The molecule has 5 heteroatoms. The number of nitro benzene ring substituents is 1. The first kappa shape index (κ1) is 10.5. The smallest absolute Gasteiger partial charge is 0.269 e. The zero-order valence-corrected chi connectivity index (χ0v) is 7.90. The summed E-state index contributed by atoms with van der Waals surface area (Å²) in [4.78, 5) is 10.0. The van der Waals surface area contributed by atoms with E-state index in [1.807, 2.05) is 6.92 Å². The monoisotopic (exact) mass is 196 g/mol. The molecular formula is C9H12N2O3. The van der Waals surface area contributed by atoms with E-state index in [1.165, 1.54) is 18.2 Å². The molecule has 0 aromatic heterocycles. The lowest BCUT2D eigenvalue weighted by Crippen LogP contribution is -1.99. The number of nitro groups is 1. The molecule has 1 rings (SSSR count). The number of hydrogen-bond acceptors (Lipinski definition) is 4. The molecule has 0 spiro atoms. The van der Waals surface area contributed by atoms with Crippen molar-refractivity contribution < 1.29 is 9.66 Å². The van der Waals surface area contributed by atoms with Gasteiger partial charge in [-0.1, -0.05) is 0 Å². The van der Waals surface area contributed by atoms with Gasteiger partial charge in [0.25, 0.3) is 5.69 Å². The Labute approximate surface area is 81.6 Å². The summed E-state index contributed by atoms with van der Waals surface area (Å²) in [6.45, 7) is 2.72. The number of anilines is 1. The van der Waals surface area contributed by atoms with Crippen molar-refractivity contribution in [1.82, 2.24) is 0 Å². The summed E-state index contributed by atoms with van der Waals surface area (Å²) in [6, 6.07) is 4.34. The van der Waals surface area contributed by atoms with Gasteiger partial charge in [-0.05, 0) is 13.0 Å². The molecule has 1 aromatic carbocycles. The zero-order valence-electron chi connectivity index (χ0n) is 7.90. The Bertz CT molecular complexity index is 339. The van der Waals surface area contributed by atoms with E-state index in [0.717, 1.165) is 0 Å². The van der Waals surface area contributed by atoms with Gasteiger partial charge in [0.2, 0.25) is 0 Å². The fourth-order valence-electron chi connectivity index (χ4n) is 1.04. The Morgan fingerprint density at radius 3 is 2.86 bits per heavy atom. The van der Waals surface area contributed by atoms with Crippen molar-refractivity contribution in [2.45, 2.75) is 13.5 Å². The van der Waals surface area contributed by atoms with Gasteiger partial charge < -0.3 is 10.5 Å². The van der Waals surface area contributed by atoms with Crippen molar-refractivity contribution in [3.8, 4) is 0 Å². The predicted molar refractivity (Wildman–Crippen MR) is 52.8 cm³/mol. The van der Waals surface area contributed by atoms with Crippen LogP contribution in [-0.2, 0) is 11.3 Å². The number of non-ortho nitro benzene ring substituents is 1. The molecule has 0 saturated heterocycles. The molecule has 14 heavy (non-hydrogen) atoms. The van der Waals surface area contributed by atoms with E-state index in [0.29, 0.717) is 24.5 Å². The Morgan fingerprint density at radius 2 is 2.29 bits per heavy atom. The molecule has 2 N–H and O–H groups in total. The largest absolute Gasteiger partial charge is 0.398 e. The minimum atomic E-state index is -0.450. The van der Waals surface area contributed by atoms with Crippen LogP contribution in [0.1, 0.15) is 12.5 Å². The fraction of sp³-hybridized carbons (Fsp3) is 0.333. The van der Waals surface area contributed by atoms with E-state index in [9.17, 15) is 10.1 Å². The quantitative estimate of drug-likeness (QED) is 0.451. The van der Waals surface area contributed by atoms with E-state index in [2.05, 4.69) is 0 Å². The van der Waals surface area contributed by atoms with Crippen LogP contribution in [0.2, 0.25) is 0 Å². The van der Waals surface area contributed by atoms with Crippen molar-refractivity contribution in [2.24, 2.45) is 0 Å². The average molecular weight is 196 g/mol. The molecule has 0 unspecified atom stereocenters. The van der Waals surface area contributed by atoms with Gasteiger partial charge in [-0.2, -0.15) is 0 Å². The van der Waals surface area contributed by atoms with Crippen molar-refractivity contribution in [3.63, 3.8) is 0 Å². The summed E-state index contributed by atoms with van der Waals surface area (Å²) in [6.07, 6.45) is 0. The van der Waals surface area contributed by atoms with Gasteiger partial charge in [0, 0.05) is 30.0 Å². The summed E-state index contributed by atoms with van der Waals surface area (Å²) >= 11 is 0. The first-order valence-electron chi connectivity index (χ1n) is 4.25. The van der Waals surface area contributed by atoms with Gasteiger partial charge >= 0.3 is 0 Å². The Kier molecular flexibility index (Phi) is 3.41. The van der Waals surface area contributed by atoms with Crippen LogP contribution in [0.3, 0.4) is 0 Å². The average Bonchev–Trinajstić information content (AvgIpc) is 2.16. The second kappa shape index (κ2) is 4.57. The minimum absolute atomic E-state index is 0.0360. The zero-order chi connectivity index (χ0) is 10.6. The SMILES string of the molecule is CCOCc1cc([N+](=O)[O-])ccc1N. The van der Waals surface area contributed by atoms with Crippen LogP contribution in [0.5, 0.6) is 0 Å². The highest BCUT2D eigenvalue weighted by Crippen LogP contribution is 2.20. The fourth-order valence-corrected chi connectivity index (χ4v) is 1.04. The third kappa shape index (κ3) is 2.43. The second-order valence-electron chi connectivity index (χ2n) is 2.78. The molecule has 0 aliphatic rings. The molecule has 0 bridgehead atoms. The van der Waals surface area contributed by atoms with Crippen LogP contribution in [-0.4, -0.2) is 11.5 Å². The predicted octanol–water partition coefficient (Wildman–Crippen LogP) is 1.71. The highest BCUT2D eigenvalue weighted by atomic mass is 16.6. The van der Waals surface area contributed by atoms with Crippen molar-refractivity contribution in [2.75, 3.05) is 12.3 Å². The van der Waals surface area contributed by atoms with Crippen LogP contribution < -0.4 is 5.73 Å². The molecule has 0 aliphatic carbocycles. The number of rotatable bonds is 4. The van der Waals surface area contributed by atoms with Crippen molar-refractivity contribution in [3.05, 3.63) is 33.9 Å². The number of hydrogen-bond donors (Lipinski definition) is 1. The topological polar surface area (TPSA) is 78.4 Å². The second-order valence-corrected chi connectivity index (χ2v) is 2.78. The summed E-state index contributed by atoms with van der Waals surface area (Å²) < 4.78 is 5.13. The normalized spacial score (nSPS) is 10.1. The van der Waals surface area contributed by atoms with E-state index in [1.54, 1.807) is 0 Å². The third-order valence-electron chi connectivity index (χ3n) is 1.80. The molecule has 0 saturated carbocycles. The highest BCUT2D eigenvalue weighted by molar-refractivity contribution is 5.52. The van der Waals surface area contributed by atoms with Gasteiger partial charge in [-0.15, -0.1) is 0 Å². The maximum absolute atomic E-state index is 10.5. The lowest BCUT2D eigenvalue weighted by Gasteiger charge is -2.04. The molecule has 76 valence electrons. The standard InChI is InChI=1S/C9H12N2O3/c1-2-14-6-7-5-8(11(12)13)3-4-9(7)10/h3-5H,2,6,10H2,1H3. The molecular weight excluding hydrogens is 184 g/mol. The summed E-state index contributed by atoms with van der Waals surface area (Å²) in [5.41, 5.74) is 6.84. The minimum Gasteiger partial charge on any atom is -0.398 e. The van der Waals surface area contributed by atoms with Crippen LogP contribution in [0.4, 0.5) is 11.4 Å². The molecule has 0 radical (unpaired) electrons. The molecule has 0 fully saturated rings. The highest BCUT2D eigenvalue weighted by Gasteiger charge is 2.08. The molecule has 0 aliphatic heterocycles. The van der Waals surface area contributed by atoms with E-state index >= 15 is 0 Å². The lowest BCUT2D eigenvalue weighted by molar-refractivity contribution is -0.384. The van der Waals surface area contributed by atoms with Gasteiger partial charge in [-0.25, -0.2) is 0 Å². The first-order valence-corrected chi connectivity index (χ1v) is 4.25. The van der Waals surface area contributed by atoms with Gasteiger partial charge in [-0.3, -0.25) is 10.1 Å². The Morgan fingerprint density at radius 1 is 1.57 bits per heavy atom. The van der Waals surface area contributed by atoms with Gasteiger partial charge in [0.1, 0.15) is 0 Å².